The standard InChI is InChI=1S/C14H26BrN3/c1-5-9-17(10-6-2)11-13-14(15)12(7-3)16-18(13)8-4/h5-11H2,1-4H3. The molecule has 4 heteroatoms. The molecule has 1 rings (SSSR count). The number of hydrogen-bond donors (Lipinski definition) is 0. The molecule has 0 aliphatic rings. The molecule has 0 atom stereocenters. The van der Waals surface area contributed by atoms with Crippen molar-refractivity contribution in [3.05, 3.63) is 15.9 Å². The van der Waals surface area contributed by atoms with Crippen molar-refractivity contribution in [2.24, 2.45) is 0 Å². The molecule has 0 bridgehead atoms. The number of halogens is 1. The van der Waals surface area contributed by atoms with Crippen LogP contribution in [0.15, 0.2) is 4.47 Å². The second kappa shape index (κ2) is 7.95. The molecule has 1 aromatic heterocycles. The third kappa shape index (κ3) is 3.82. The van der Waals surface area contributed by atoms with Crippen molar-refractivity contribution in [3.63, 3.8) is 0 Å². The molecule has 104 valence electrons. The molecule has 0 saturated carbocycles. The maximum absolute atomic E-state index is 4.66. The van der Waals surface area contributed by atoms with Gasteiger partial charge in [-0.15, -0.1) is 0 Å². The van der Waals surface area contributed by atoms with Crippen LogP contribution in [-0.2, 0) is 19.5 Å². The van der Waals surface area contributed by atoms with E-state index in [0.29, 0.717) is 0 Å². The summed E-state index contributed by atoms with van der Waals surface area (Å²) < 4.78 is 3.35. The molecule has 18 heavy (non-hydrogen) atoms. The maximum atomic E-state index is 4.66. The number of aromatic nitrogens is 2. The Hall–Kier alpha value is -0.350. The minimum absolute atomic E-state index is 0.944. The lowest BCUT2D eigenvalue weighted by molar-refractivity contribution is 0.258. The Bertz CT molecular complexity index is 354. The first-order chi connectivity index (χ1) is 8.67. The van der Waals surface area contributed by atoms with Gasteiger partial charge in [-0.2, -0.15) is 5.10 Å². The Morgan fingerprint density at radius 2 is 1.72 bits per heavy atom. The predicted octanol–water partition coefficient (Wildman–Crippen LogP) is 3.85. The summed E-state index contributed by atoms with van der Waals surface area (Å²) in [6, 6.07) is 0. The van der Waals surface area contributed by atoms with E-state index in [1.165, 1.54) is 28.7 Å². The van der Waals surface area contributed by atoms with Gasteiger partial charge in [-0.1, -0.05) is 20.8 Å². The van der Waals surface area contributed by atoms with E-state index in [1.807, 2.05) is 0 Å². The lowest BCUT2D eigenvalue weighted by Gasteiger charge is -2.21. The van der Waals surface area contributed by atoms with E-state index in [1.54, 1.807) is 0 Å². The SMILES string of the molecule is CCCN(CCC)Cc1c(Br)c(CC)nn1CC. The average molecular weight is 316 g/mol. The Kier molecular flexibility index (Phi) is 6.94. The van der Waals surface area contributed by atoms with Gasteiger partial charge in [-0.05, 0) is 55.2 Å². The fourth-order valence-corrected chi connectivity index (χ4v) is 2.97. The Labute approximate surface area is 120 Å². The van der Waals surface area contributed by atoms with Crippen molar-refractivity contribution in [2.75, 3.05) is 13.1 Å². The molecule has 0 saturated heterocycles. The Morgan fingerprint density at radius 1 is 1.11 bits per heavy atom. The van der Waals surface area contributed by atoms with Gasteiger partial charge in [0.2, 0.25) is 0 Å². The van der Waals surface area contributed by atoms with Crippen LogP contribution in [0.5, 0.6) is 0 Å². The highest BCUT2D eigenvalue weighted by molar-refractivity contribution is 9.10. The van der Waals surface area contributed by atoms with E-state index in [-0.39, 0.29) is 0 Å². The van der Waals surface area contributed by atoms with Gasteiger partial charge in [0, 0.05) is 13.1 Å². The van der Waals surface area contributed by atoms with Gasteiger partial charge in [-0.3, -0.25) is 9.58 Å². The van der Waals surface area contributed by atoms with Crippen molar-refractivity contribution >= 4 is 15.9 Å². The zero-order valence-electron chi connectivity index (χ0n) is 12.2. The van der Waals surface area contributed by atoms with Gasteiger partial charge in [-0.25, -0.2) is 0 Å². The van der Waals surface area contributed by atoms with Crippen LogP contribution in [0.2, 0.25) is 0 Å². The van der Waals surface area contributed by atoms with E-state index >= 15 is 0 Å². The van der Waals surface area contributed by atoms with E-state index in [4.69, 9.17) is 0 Å². The molecule has 0 fully saturated rings. The summed E-state index contributed by atoms with van der Waals surface area (Å²) in [6.07, 6.45) is 3.40. The molecule has 1 aromatic rings. The van der Waals surface area contributed by atoms with Gasteiger partial charge in [0.05, 0.1) is 15.9 Å². The molecule has 3 nitrogen and oxygen atoms in total. The molecular weight excluding hydrogens is 290 g/mol. The fourth-order valence-electron chi connectivity index (χ4n) is 2.28. The minimum atomic E-state index is 0.944. The Morgan fingerprint density at radius 3 is 2.17 bits per heavy atom. The summed E-state index contributed by atoms with van der Waals surface area (Å²) in [5, 5.41) is 4.66. The smallest absolute Gasteiger partial charge is 0.0767 e. The van der Waals surface area contributed by atoms with E-state index in [0.717, 1.165) is 32.6 Å². The van der Waals surface area contributed by atoms with Crippen LogP contribution in [0.3, 0.4) is 0 Å². The molecule has 0 aromatic carbocycles. The van der Waals surface area contributed by atoms with E-state index in [2.05, 4.69) is 58.3 Å². The third-order valence-electron chi connectivity index (χ3n) is 3.15. The Balaban J connectivity index is 2.89. The van der Waals surface area contributed by atoms with Crippen molar-refractivity contribution < 1.29 is 0 Å². The zero-order valence-corrected chi connectivity index (χ0v) is 13.8. The van der Waals surface area contributed by atoms with Crippen molar-refractivity contribution in [1.29, 1.82) is 0 Å². The number of nitrogens with zero attached hydrogens (tertiary/aromatic N) is 3. The summed E-state index contributed by atoms with van der Waals surface area (Å²) >= 11 is 3.72. The number of aryl methyl sites for hydroxylation is 2. The first-order valence-electron chi connectivity index (χ1n) is 7.14. The van der Waals surface area contributed by atoms with Crippen LogP contribution in [0.1, 0.15) is 51.9 Å². The van der Waals surface area contributed by atoms with Gasteiger partial charge in [0.25, 0.3) is 0 Å². The highest BCUT2D eigenvalue weighted by atomic mass is 79.9. The predicted molar refractivity (Wildman–Crippen MR) is 80.8 cm³/mol. The average Bonchev–Trinajstić information content (AvgIpc) is 2.67. The van der Waals surface area contributed by atoms with E-state index < -0.39 is 0 Å². The summed E-state index contributed by atoms with van der Waals surface area (Å²) in [6.45, 7) is 13.1. The van der Waals surface area contributed by atoms with E-state index in [9.17, 15) is 0 Å². The minimum Gasteiger partial charge on any atom is -0.298 e. The molecule has 0 amide bonds. The van der Waals surface area contributed by atoms with Crippen LogP contribution in [0.25, 0.3) is 0 Å². The topological polar surface area (TPSA) is 21.1 Å². The van der Waals surface area contributed by atoms with Gasteiger partial charge >= 0.3 is 0 Å². The highest BCUT2D eigenvalue weighted by Crippen LogP contribution is 2.23. The quantitative estimate of drug-likeness (QED) is 0.726. The van der Waals surface area contributed by atoms with Crippen LogP contribution in [0.4, 0.5) is 0 Å². The second-order valence-corrected chi connectivity index (χ2v) is 5.45. The monoisotopic (exact) mass is 315 g/mol. The lowest BCUT2D eigenvalue weighted by atomic mass is 10.2. The largest absolute Gasteiger partial charge is 0.298 e. The summed E-state index contributed by atoms with van der Waals surface area (Å²) in [4.78, 5) is 2.52. The molecule has 0 N–H and O–H groups in total. The summed E-state index contributed by atoms with van der Waals surface area (Å²) in [5.74, 6) is 0. The second-order valence-electron chi connectivity index (χ2n) is 4.65. The lowest BCUT2D eigenvalue weighted by Crippen LogP contribution is -2.26. The summed E-state index contributed by atoms with van der Waals surface area (Å²) in [5.41, 5.74) is 2.51. The molecule has 0 spiro atoms. The number of rotatable bonds is 8. The zero-order chi connectivity index (χ0) is 13.5. The van der Waals surface area contributed by atoms with Crippen molar-refractivity contribution in [3.8, 4) is 0 Å². The van der Waals surface area contributed by atoms with Crippen LogP contribution in [0, 0.1) is 0 Å². The maximum Gasteiger partial charge on any atom is 0.0767 e. The molecule has 1 heterocycles. The third-order valence-corrected chi connectivity index (χ3v) is 4.06. The fraction of sp³-hybridized carbons (Fsp3) is 0.786. The molecule has 0 aliphatic heterocycles. The van der Waals surface area contributed by atoms with Crippen LogP contribution >= 0.6 is 15.9 Å². The van der Waals surface area contributed by atoms with Gasteiger partial charge < -0.3 is 0 Å². The molecule has 0 unspecified atom stereocenters. The first kappa shape index (κ1) is 15.7. The normalized spacial score (nSPS) is 11.4. The van der Waals surface area contributed by atoms with Crippen LogP contribution < -0.4 is 0 Å². The van der Waals surface area contributed by atoms with Crippen LogP contribution in [-0.4, -0.2) is 27.8 Å². The van der Waals surface area contributed by atoms with Crippen molar-refractivity contribution in [1.82, 2.24) is 14.7 Å². The first-order valence-corrected chi connectivity index (χ1v) is 7.93. The van der Waals surface area contributed by atoms with Crippen molar-refractivity contribution in [2.45, 2.75) is 60.0 Å². The summed E-state index contributed by atoms with van der Waals surface area (Å²) in [7, 11) is 0. The molecule has 0 radical (unpaired) electrons. The number of hydrogen-bond acceptors (Lipinski definition) is 2. The highest BCUT2D eigenvalue weighted by Gasteiger charge is 2.16. The molecule has 0 aliphatic carbocycles. The molecular formula is C14H26BrN3. The van der Waals surface area contributed by atoms with Gasteiger partial charge in [0.15, 0.2) is 0 Å². The van der Waals surface area contributed by atoms with Gasteiger partial charge in [0.1, 0.15) is 0 Å².